The Bertz CT molecular complexity index is 384. The second kappa shape index (κ2) is 2.27. The van der Waals surface area contributed by atoms with Gasteiger partial charge < -0.3 is 0 Å². The Labute approximate surface area is 64.1 Å². The van der Waals surface area contributed by atoms with Crippen molar-refractivity contribution in [3.63, 3.8) is 0 Å². The van der Waals surface area contributed by atoms with Crippen LogP contribution in [-0.2, 0) is 0 Å². The van der Waals surface area contributed by atoms with Crippen LogP contribution >= 0.6 is 0 Å². The van der Waals surface area contributed by atoms with Crippen molar-refractivity contribution in [3.05, 3.63) is 30.1 Å². The highest BCUT2D eigenvalue weighted by molar-refractivity contribution is 5.73. The molecule has 0 fully saturated rings. The minimum Gasteiger partial charge on any atom is -0.232 e. The molecular weight excluding hydrogens is 138 g/mol. The number of hydrogen-bond acceptors (Lipinski definition) is 3. The van der Waals surface area contributed by atoms with Gasteiger partial charge in [0, 0.05) is 11.1 Å². The first kappa shape index (κ1) is 6.22. The highest BCUT2D eigenvalue weighted by atomic mass is 15.1. The normalized spacial score (nSPS) is 10.3. The zero-order valence-corrected chi connectivity index (χ0v) is 6.15. The molecule has 2 heterocycles. The molecule has 2 aromatic heterocycles. The number of aryl methyl sites for hydroxylation is 1. The maximum atomic E-state index is 4.20. The summed E-state index contributed by atoms with van der Waals surface area (Å²) in [6.07, 6.45) is 1.67. The van der Waals surface area contributed by atoms with Gasteiger partial charge in [-0.25, -0.2) is 4.98 Å². The molecule has 0 aliphatic heterocycles. The monoisotopic (exact) mass is 145 g/mol. The second-order valence-corrected chi connectivity index (χ2v) is 2.40. The van der Waals surface area contributed by atoms with Crippen LogP contribution in [0.4, 0.5) is 0 Å². The van der Waals surface area contributed by atoms with Crippen molar-refractivity contribution in [1.29, 1.82) is 0 Å². The van der Waals surface area contributed by atoms with Gasteiger partial charge in [0.05, 0.1) is 6.20 Å². The number of fused-ring (bicyclic) bond motifs is 1. The molecule has 0 saturated carbocycles. The van der Waals surface area contributed by atoms with Crippen molar-refractivity contribution >= 4 is 11.0 Å². The number of pyridine rings is 1. The predicted molar refractivity (Wildman–Crippen MR) is 42.1 cm³/mol. The summed E-state index contributed by atoms with van der Waals surface area (Å²) in [6, 6.07) is 5.85. The number of hydrogen-bond donors (Lipinski definition) is 0. The fraction of sp³-hybridized carbons (Fsp3) is 0.125. The molecule has 11 heavy (non-hydrogen) atoms. The molecule has 0 bridgehead atoms. The van der Waals surface area contributed by atoms with E-state index in [0.29, 0.717) is 5.65 Å². The molecule has 0 atom stereocenters. The third-order valence-corrected chi connectivity index (χ3v) is 1.52. The van der Waals surface area contributed by atoms with Gasteiger partial charge in [0.1, 0.15) is 0 Å². The molecule has 0 spiro atoms. The predicted octanol–water partition coefficient (Wildman–Crippen LogP) is 1.33. The Morgan fingerprint density at radius 2 is 2.09 bits per heavy atom. The fourth-order valence-electron chi connectivity index (χ4n) is 0.966. The minimum absolute atomic E-state index is 0.715. The maximum Gasteiger partial charge on any atom is 0.181 e. The smallest absolute Gasteiger partial charge is 0.181 e. The topological polar surface area (TPSA) is 38.7 Å². The third kappa shape index (κ3) is 1.05. The Morgan fingerprint density at radius 3 is 3.00 bits per heavy atom. The van der Waals surface area contributed by atoms with E-state index in [4.69, 9.17) is 0 Å². The van der Waals surface area contributed by atoms with Crippen LogP contribution in [0.5, 0.6) is 0 Å². The average Bonchev–Trinajstić information content (AvgIpc) is 2.04. The van der Waals surface area contributed by atoms with E-state index in [2.05, 4.69) is 15.2 Å². The zero-order chi connectivity index (χ0) is 7.68. The van der Waals surface area contributed by atoms with Gasteiger partial charge in [0.2, 0.25) is 0 Å². The van der Waals surface area contributed by atoms with E-state index in [9.17, 15) is 0 Å². The van der Waals surface area contributed by atoms with E-state index in [1.807, 2.05) is 25.1 Å². The molecule has 2 aromatic rings. The van der Waals surface area contributed by atoms with Crippen LogP contribution in [-0.4, -0.2) is 15.2 Å². The molecule has 0 aliphatic carbocycles. The highest BCUT2D eigenvalue weighted by Gasteiger charge is 1.93. The highest BCUT2D eigenvalue weighted by Crippen LogP contribution is 2.06. The zero-order valence-electron chi connectivity index (χ0n) is 6.15. The van der Waals surface area contributed by atoms with Crippen LogP contribution in [0.25, 0.3) is 11.0 Å². The summed E-state index contributed by atoms with van der Waals surface area (Å²) in [5.41, 5.74) is 1.69. The Kier molecular flexibility index (Phi) is 1.28. The van der Waals surface area contributed by atoms with Crippen molar-refractivity contribution < 1.29 is 0 Å². The molecule has 54 valence electrons. The molecule has 0 saturated heterocycles. The first-order chi connectivity index (χ1) is 5.36. The van der Waals surface area contributed by atoms with Gasteiger partial charge in [-0.15, -0.1) is 5.10 Å². The molecule has 0 unspecified atom stereocenters. The van der Waals surface area contributed by atoms with Gasteiger partial charge in [-0.3, -0.25) is 0 Å². The average molecular weight is 145 g/mol. The van der Waals surface area contributed by atoms with Crippen LogP contribution in [0.2, 0.25) is 0 Å². The van der Waals surface area contributed by atoms with Crippen LogP contribution < -0.4 is 0 Å². The van der Waals surface area contributed by atoms with E-state index in [-0.39, 0.29) is 0 Å². The summed E-state index contributed by atoms with van der Waals surface area (Å²) in [4.78, 5) is 4.20. The largest absolute Gasteiger partial charge is 0.232 e. The second-order valence-electron chi connectivity index (χ2n) is 2.40. The van der Waals surface area contributed by atoms with Gasteiger partial charge in [-0.05, 0) is 25.1 Å². The SMILES string of the molecule is Cc1ccc2ccnnc2n1. The van der Waals surface area contributed by atoms with Crippen molar-refractivity contribution in [2.75, 3.05) is 0 Å². The molecule has 0 aromatic carbocycles. The number of aromatic nitrogens is 3. The Morgan fingerprint density at radius 1 is 1.18 bits per heavy atom. The van der Waals surface area contributed by atoms with E-state index in [1.165, 1.54) is 0 Å². The van der Waals surface area contributed by atoms with Crippen LogP contribution in [0.1, 0.15) is 5.69 Å². The summed E-state index contributed by atoms with van der Waals surface area (Å²) in [7, 11) is 0. The number of rotatable bonds is 0. The van der Waals surface area contributed by atoms with E-state index in [1.54, 1.807) is 6.20 Å². The van der Waals surface area contributed by atoms with Crippen molar-refractivity contribution in [2.45, 2.75) is 6.92 Å². The molecule has 0 radical (unpaired) electrons. The van der Waals surface area contributed by atoms with Gasteiger partial charge >= 0.3 is 0 Å². The summed E-state index contributed by atoms with van der Waals surface area (Å²) in [5.74, 6) is 0. The van der Waals surface area contributed by atoms with Crippen LogP contribution in [0.3, 0.4) is 0 Å². The van der Waals surface area contributed by atoms with E-state index in [0.717, 1.165) is 11.1 Å². The molecule has 0 amide bonds. The summed E-state index contributed by atoms with van der Waals surface area (Å²) in [5, 5.41) is 8.66. The van der Waals surface area contributed by atoms with E-state index < -0.39 is 0 Å². The van der Waals surface area contributed by atoms with Gasteiger partial charge in [0.25, 0.3) is 0 Å². The molecule has 0 N–H and O–H groups in total. The Hall–Kier alpha value is -1.51. The van der Waals surface area contributed by atoms with Gasteiger partial charge in [-0.1, -0.05) is 0 Å². The van der Waals surface area contributed by atoms with E-state index >= 15 is 0 Å². The fourth-order valence-corrected chi connectivity index (χ4v) is 0.966. The molecular formula is C8H7N3. The summed E-state index contributed by atoms with van der Waals surface area (Å²) < 4.78 is 0. The van der Waals surface area contributed by atoms with Gasteiger partial charge in [-0.2, -0.15) is 5.10 Å². The van der Waals surface area contributed by atoms with Crippen LogP contribution in [0.15, 0.2) is 24.4 Å². The van der Waals surface area contributed by atoms with Crippen molar-refractivity contribution in [2.24, 2.45) is 0 Å². The standard InChI is InChI=1S/C8H7N3/c1-6-2-3-7-4-5-9-11-8(7)10-6/h2-5H,1H3. The molecule has 3 heteroatoms. The quantitative estimate of drug-likeness (QED) is 0.561. The molecule has 0 aliphatic rings. The Balaban J connectivity index is 2.83. The first-order valence-corrected chi connectivity index (χ1v) is 3.41. The minimum atomic E-state index is 0.715. The van der Waals surface area contributed by atoms with Crippen LogP contribution in [0, 0.1) is 6.92 Å². The third-order valence-electron chi connectivity index (χ3n) is 1.52. The van der Waals surface area contributed by atoms with Crippen molar-refractivity contribution in [1.82, 2.24) is 15.2 Å². The molecule has 2 rings (SSSR count). The lowest BCUT2D eigenvalue weighted by atomic mass is 10.3. The lowest BCUT2D eigenvalue weighted by Crippen LogP contribution is -1.87. The number of nitrogens with zero attached hydrogens (tertiary/aromatic N) is 3. The summed E-state index contributed by atoms with van der Waals surface area (Å²) >= 11 is 0. The summed E-state index contributed by atoms with van der Waals surface area (Å²) in [6.45, 7) is 1.94. The molecule has 3 nitrogen and oxygen atoms in total. The maximum absolute atomic E-state index is 4.20. The first-order valence-electron chi connectivity index (χ1n) is 3.41. The van der Waals surface area contributed by atoms with Gasteiger partial charge in [0.15, 0.2) is 5.65 Å². The lowest BCUT2D eigenvalue weighted by Gasteiger charge is -1.93. The van der Waals surface area contributed by atoms with Crippen molar-refractivity contribution in [3.8, 4) is 0 Å². The lowest BCUT2D eigenvalue weighted by molar-refractivity contribution is 1.04.